The molecule has 1 saturated carbocycles. The van der Waals surface area contributed by atoms with E-state index in [9.17, 15) is 4.79 Å². The first kappa shape index (κ1) is 11.9. The number of nitrogens with zero attached hydrogens (tertiary/aromatic N) is 1. The van der Waals surface area contributed by atoms with Crippen LogP contribution in [0, 0.1) is 0 Å². The Kier molecular flexibility index (Phi) is 3.82. The van der Waals surface area contributed by atoms with Gasteiger partial charge in [0.2, 0.25) is 5.91 Å². The van der Waals surface area contributed by atoms with Crippen LogP contribution in [0.1, 0.15) is 33.1 Å². The number of nitrogens with one attached hydrogen (secondary N) is 1. The number of hydrogen-bond donors (Lipinski definition) is 1. The fourth-order valence-electron chi connectivity index (χ4n) is 2.06. The summed E-state index contributed by atoms with van der Waals surface area (Å²) in [5.74, 6) is 0.203. The van der Waals surface area contributed by atoms with Crippen molar-refractivity contribution < 1.29 is 9.53 Å². The molecule has 4 nitrogen and oxygen atoms in total. The summed E-state index contributed by atoms with van der Waals surface area (Å²) in [6, 6.07) is 0.915. The quantitative estimate of drug-likeness (QED) is 0.769. The maximum absolute atomic E-state index is 11.6. The molecule has 16 heavy (non-hydrogen) atoms. The first-order valence-corrected chi connectivity index (χ1v) is 6.30. The average Bonchev–Trinajstić information content (AvgIpc) is 3.03. The molecule has 2 rings (SSSR count). The highest BCUT2D eigenvalue weighted by Gasteiger charge is 2.26. The molecule has 2 fully saturated rings. The molecule has 1 aliphatic heterocycles. The molecule has 0 aromatic rings. The molecule has 1 amide bonds. The van der Waals surface area contributed by atoms with E-state index in [1.165, 1.54) is 0 Å². The standard InChI is InChI=1S/C12H22N2O2/c1-9-8-16-10(2)7-14(9)6-5-12(15)13-11-3-4-11/h9-11H,3-8H2,1-2H3,(H,13,15)/t9-,10+/m0/s1. The van der Waals surface area contributed by atoms with E-state index in [0.717, 1.165) is 32.5 Å². The predicted molar refractivity (Wildman–Crippen MR) is 62.2 cm³/mol. The van der Waals surface area contributed by atoms with Crippen molar-refractivity contribution in [1.82, 2.24) is 10.2 Å². The van der Waals surface area contributed by atoms with Crippen LogP contribution in [-0.2, 0) is 9.53 Å². The van der Waals surface area contributed by atoms with Crippen LogP contribution in [0.4, 0.5) is 0 Å². The molecule has 0 radical (unpaired) electrons. The van der Waals surface area contributed by atoms with Crippen LogP contribution >= 0.6 is 0 Å². The normalized spacial score (nSPS) is 31.4. The van der Waals surface area contributed by atoms with Gasteiger partial charge in [-0.25, -0.2) is 0 Å². The highest BCUT2D eigenvalue weighted by Crippen LogP contribution is 2.18. The van der Waals surface area contributed by atoms with Gasteiger partial charge in [0.25, 0.3) is 0 Å². The molecule has 2 atom stereocenters. The molecule has 1 saturated heterocycles. The van der Waals surface area contributed by atoms with E-state index in [1.807, 2.05) is 0 Å². The second-order valence-electron chi connectivity index (χ2n) is 5.08. The number of amides is 1. The first-order valence-electron chi connectivity index (χ1n) is 6.30. The molecule has 0 unspecified atom stereocenters. The first-order chi connectivity index (χ1) is 7.65. The lowest BCUT2D eigenvalue weighted by Gasteiger charge is -2.36. The summed E-state index contributed by atoms with van der Waals surface area (Å²) in [6.45, 7) is 6.82. The van der Waals surface area contributed by atoms with E-state index in [2.05, 4.69) is 24.1 Å². The van der Waals surface area contributed by atoms with Crippen molar-refractivity contribution in [2.45, 2.75) is 51.3 Å². The maximum Gasteiger partial charge on any atom is 0.221 e. The molecule has 1 N–H and O–H groups in total. The third kappa shape index (κ3) is 3.46. The molecule has 0 spiro atoms. The Labute approximate surface area is 97.3 Å². The summed E-state index contributed by atoms with van der Waals surface area (Å²) in [7, 11) is 0. The zero-order valence-corrected chi connectivity index (χ0v) is 10.2. The minimum Gasteiger partial charge on any atom is -0.376 e. The summed E-state index contributed by atoms with van der Waals surface area (Å²) in [6.07, 6.45) is 3.24. The number of hydrogen-bond acceptors (Lipinski definition) is 3. The molecule has 0 bridgehead atoms. The van der Waals surface area contributed by atoms with Crippen LogP contribution in [0.2, 0.25) is 0 Å². The van der Waals surface area contributed by atoms with Gasteiger partial charge >= 0.3 is 0 Å². The predicted octanol–water partition coefficient (Wildman–Crippen LogP) is 0.764. The van der Waals surface area contributed by atoms with E-state index < -0.39 is 0 Å². The third-order valence-electron chi connectivity index (χ3n) is 3.31. The van der Waals surface area contributed by atoms with Crippen molar-refractivity contribution in [3.05, 3.63) is 0 Å². The fraction of sp³-hybridized carbons (Fsp3) is 0.917. The molecule has 0 aromatic heterocycles. The molecule has 1 aliphatic carbocycles. The molecular weight excluding hydrogens is 204 g/mol. The van der Waals surface area contributed by atoms with Crippen LogP contribution in [-0.4, -0.2) is 48.7 Å². The monoisotopic (exact) mass is 226 g/mol. The van der Waals surface area contributed by atoms with E-state index >= 15 is 0 Å². The Morgan fingerprint density at radius 1 is 1.44 bits per heavy atom. The SMILES string of the molecule is C[C@@H]1CN(CCC(=O)NC2CC2)[C@@H](C)CO1. The Bertz CT molecular complexity index is 253. The summed E-state index contributed by atoms with van der Waals surface area (Å²) < 4.78 is 5.56. The summed E-state index contributed by atoms with van der Waals surface area (Å²) in [4.78, 5) is 13.9. The number of ether oxygens (including phenoxy) is 1. The van der Waals surface area contributed by atoms with Crippen molar-refractivity contribution in [3.8, 4) is 0 Å². The van der Waals surface area contributed by atoms with Crippen LogP contribution < -0.4 is 5.32 Å². The largest absolute Gasteiger partial charge is 0.376 e. The highest BCUT2D eigenvalue weighted by molar-refractivity contribution is 5.76. The van der Waals surface area contributed by atoms with Crippen LogP contribution in [0.15, 0.2) is 0 Å². The van der Waals surface area contributed by atoms with E-state index in [0.29, 0.717) is 24.6 Å². The third-order valence-corrected chi connectivity index (χ3v) is 3.31. The fourth-order valence-corrected chi connectivity index (χ4v) is 2.06. The van der Waals surface area contributed by atoms with Crippen LogP contribution in [0.3, 0.4) is 0 Å². The van der Waals surface area contributed by atoms with Gasteiger partial charge < -0.3 is 10.1 Å². The molecule has 92 valence electrons. The van der Waals surface area contributed by atoms with Gasteiger partial charge in [0, 0.05) is 31.6 Å². The Morgan fingerprint density at radius 2 is 2.19 bits per heavy atom. The van der Waals surface area contributed by atoms with Gasteiger partial charge in [0.05, 0.1) is 12.7 Å². The molecule has 2 aliphatic rings. The second-order valence-corrected chi connectivity index (χ2v) is 5.08. The molecule has 4 heteroatoms. The van der Waals surface area contributed by atoms with Gasteiger partial charge in [-0.05, 0) is 26.7 Å². The van der Waals surface area contributed by atoms with Gasteiger partial charge in [-0.15, -0.1) is 0 Å². The summed E-state index contributed by atoms with van der Waals surface area (Å²) in [5, 5.41) is 3.02. The zero-order chi connectivity index (χ0) is 11.5. The van der Waals surface area contributed by atoms with E-state index in [1.54, 1.807) is 0 Å². The van der Waals surface area contributed by atoms with E-state index in [4.69, 9.17) is 4.74 Å². The lowest BCUT2D eigenvalue weighted by Crippen LogP contribution is -2.48. The lowest BCUT2D eigenvalue weighted by atomic mass is 10.2. The maximum atomic E-state index is 11.6. The number of rotatable bonds is 4. The highest BCUT2D eigenvalue weighted by atomic mass is 16.5. The van der Waals surface area contributed by atoms with E-state index in [-0.39, 0.29) is 5.91 Å². The summed E-state index contributed by atoms with van der Waals surface area (Å²) >= 11 is 0. The van der Waals surface area contributed by atoms with Crippen molar-refractivity contribution in [2.75, 3.05) is 19.7 Å². The zero-order valence-electron chi connectivity index (χ0n) is 10.2. The summed E-state index contributed by atoms with van der Waals surface area (Å²) in [5.41, 5.74) is 0. The van der Waals surface area contributed by atoms with Crippen molar-refractivity contribution in [2.24, 2.45) is 0 Å². The van der Waals surface area contributed by atoms with Crippen molar-refractivity contribution in [3.63, 3.8) is 0 Å². The number of carbonyl (C=O) groups excluding carboxylic acids is 1. The second kappa shape index (κ2) is 5.15. The van der Waals surface area contributed by atoms with Gasteiger partial charge in [-0.3, -0.25) is 9.69 Å². The Hall–Kier alpha value is -0.610. The minimum atomic E-state index is 0.203. The Balaban J connectivity index is 1.68. The number of carbonyl (C=O) groups is 1. The van der Waals surface area contributed by atoms with Gasteiger partial charge in [-0.2, -0.15) is 0 Å². The molecular formula is C12H22N2O2. The smallest absolute Gasteiger partial charge is 0.221 e. The lowest BCUT2D eigenvalue weighted by molar-refractivity contribution is -0.122. The van der Waals surface area contributed by atoms with Crippen LogP contribution in [0.5, 0.6) is 0 Å². The van der Waals surface area contributed by atoms with Crippen molar-refractivity contribution in [1.29, 1.82) is 0 Å². The van der Waals surface area contributed by atoms with Crippen LogP contribution in [0.25, 0.3) is 0 Å². The van der Waals surface area contributed by atoms with Gasteiger partial charge in [0.1, 0.15) is 0 Å². The number of morpholine rings is 1. The molecule has 0 aromatic carbocycles. The van der Waals surface area contributed by atoms with Gasteiger partial charge in [0.15, 0.2) is 0 Å². The molecule has 1 heterocycles. The minimum absolute atomic E-state index is 0.203. The average molecular weight is 226 g/mol. The topological polar surface area (TPSA) is 41.6 Å². The van der Waals surface area contributed by atoms with Crippen molar-refractivity contribution >= 4 is 5.91 Å². The Morgan fingerprint density at radius 3 is 2.88 bits per heavy atom. The van der Waals surface area contributed by atoms with Gasteiger partial charge in [-0.1, -0.05) is 0 Å².